The van der Waals surface area contributed by atoms with E-state index in [1.54, 1.807) is 38.4 Å². The zero-order chi connectivity index (χ0) is 14.8. The van der Waals surface area contributed by atoms with Gasteiger partial charge in [0.2, 0.25) is 5.03 Å². The summed E-state index contributed by atoms with van der Waals surface area (Å²) < 4.78 is 33.5. The van der Waals surface area contributed by atoms with Gasteiger partial charge in [0.15, 0.2) is 0 Å². The lowest BCUT2D eigenvalue weighted by Crippen LogP contribution is -2.15. The number of halogens is 1. The molecule has 0 amide bonds. The third-order valence-corrected chi connectivity index (χ3v) is 4.50. The van der Waals surface area contributed by atoms with Gasteiger partial charge in [0.1, 0.15) is 5.15 Å². The Morgan fingerprint density at radius 3 is 2.70 bits per heavy atom. The van der Waals surface area contributed by atoms with Crippen LogP contribution in [-0.2, 0) is 28.4 Å². The molecule has 0 spiro atoms. The maximum Gasteiger partial charge on any atom is 0.282 e. The smallest absolute Gasteiger partial charge is 0.282 e. The molecule has 0 bridgehead atoms. The molecule has 2 aromatic rings. The summed E-state index contributed by atoms with van der Waals surface area (Å²) in [6, 6.07) is 6.97. The molecule has 108 valence electrons. The largest absolute Gasteiger partial charge is 0.380 e. The standard InChI is InChI=1S/C12H14ClN3O3S/c1-16-8-14-12(11(16)13)20(17,18)15-10-6-4-3-5-9(10)7-19-2/h3-6,8,15H,7H2,1-2H3. The van der Waals surface area contributed by atoms with Crippen molar-refractivity contribution in [3.8, 4) is 0 Å². The monoisotopic (exact) mass is 315 g/mol. The average Bonchev–Trinajstić information content (AvgIpc) is 2.73. The van der Waals surface area contributed by atoms with E-state index in [0.29, 0.717) is 12.3 Å². The fourth-order valence-corrected chi connectivity index (χ4v) is 3.20. The third-order valence-electron chi connectivity index (χ3n) is 2.65. The van der Waals surface area contributed by atoms with E-state index in [4.69, 9.17) is 16.3 Å². The number of aromatic nitrogens is 2. The summed E-state index contributed by atoms with van der Waals surface area (Å²) in [6.07, 6.45) is 1.35. The van der Waals surface area contributed by atoms with Crippen LogP contribution in [-0.4, -0.2) is 25.1 Å². The molecule has 1 heterocycles. The van der Waals surface area contributed by atoms with Gasteiger partial charge in [-0.25, -0.2) is 4.98 Å². The molecule has 0 saturated carbocycles. The normalized spacial score (nSPS) is 11.6. The minimum Gasteiger partial charge on any atom is -0.380 e. The Labute approximate surface area is 122 Å². The van der Waals surface area contributed by atoms with Crippen LogP contribution in [0.15, 0.2) is 35.6 Å². The van der Waals surface area contributed by atoms with Gasteiger partial charge in [-0.15, -0.1) is 0 Å². The van der Waals surface area contributed by atoms with Gasteiger partial charge < -0.3 is 9.30 Å². The molecular weight excluding hydrogens is 302 g/mol. The van der Waals surface area contributed by atoms with Crippen molar-refractivity contribution in [3.05, 3.63) is 41.3 Å². The molecule has 0 atom stereocenters. The number of benzene rings is 1. The van der Waals surface area contributed by atoms with Gasteiger partial charge in [-0.3, -0.25) is 4.72 Å². The van der Waals surface area contributed by atoms with Crippen LogP contribution in [0.5, 0.6) is 0 Å². The predicted molar refractivity (Wildman–Crippen MR) is 76.2 cm³/mol. The Morgan fingerprint density at radius 1 is 1.40 bits per heavy atom. The predicted octanol–water partition coefficient (Wildman–Crippen LogP) is 2.02. The van der Waals surface area contributed by atoms with E-state index in [1.807, 2.05) is 0 Å². The van der Waals surface area contributed by atoms with Crippen molar-refractivity contribution in [1.29, 1.82) is 0 Å². The maximum absolute atomic E-state index is 12.3. The molecule has 0 unspecified atom stereocenters. The number of hydrogen-bond donors (Lipinski definition) is 1. The summed E-state index contributed by atoms with van der Waals surface area (Å²) >= 11 is 5.92. The first-order chi connectivity index (χ1) is 9.45. The molecule has 1 N–H and O–H groups in total. The number of rotatable bonds is 5. The zero-order valence-corrected chi connectivity index (χ0v) is 12.6. The minimum atomic E-state index is -3.83. The van der Waals surface area contributed by atoms with Gasteiger partial charge in [0, 0.05) is 19.7 Å². The van der Waals surface area contributed by atoms with Crippen molar-refractivity contribution in [3.63, 3.8) is 0 Å². The number of methoxy groups -OCH3 is 1. The van der Waals surface area contributed by atoms with Crippen LogP contribution in [0.3, 0.4) is 0 Å². The highest BCUT2D eigenvalue weighted by Crippen LogP contribution is 2.24. The van der Waals surface area contributed by atoms with E-state index in [1.165, 1.54) is 10.9 Å². The Morgan fingerprint density at radius 2 is 2.10 bits per heavy atom. The van der Waals surface area contributed by atoms with Gasteiger partial charge in [-0.05, 0) is 6.07 Å². The molecule has 0 radical (unpaired) electrons. The summed E-state index contributed by atoms with van der Waals surface area (Å²) in [5.41, 5.74) is 1.17. The first-order valence-electron chi connectivity index (χ1n) is 5.72. The van der Waals surface area contributed by atoms with Crippen LogP contribution in [0.25, 0.3) is 0 Å². The molecule has 2 rings (SSSR count). The van der Waals surface area contributed by atoms with Crippen molar-refractivity contribution in [2.75, 3.05) is 11.8 Å². The SMILES string of the molecule is COCc1ccccc1NS(=O)(=O)c1ncn(C)c1Cl. The summed E-state index contributed by atoms with van der Waals surface area (Å²) in [5, 5.41) is -0.143. The van der Waals surface area contributed by atoms with Gasteiger partial charge in [0.25, 0.3) is 10.0 Å². The van der Waals surface area contributed by atoms with Crippen molar-refractivity contribution < 1.29 is 13.2 Å². The third kappa shape index (κ3) is 2.95. The average molecular weight is 316 g/mol. The first kappa shape index (κ1) is 14.8. The van der Waals surface area contributed by atoms with E-state index in [9.17, 15) is 8.42 Å². The van der Waals surface area contributed by atoms with E-state index in [0.717, 1.165) is 5.56 Å². The van der Waals surface area contributed by atoms with Crippen LogP contribution in [0.2, 0.25) is 5.15 Å². The topological polar surface area (TPSA) is 73.2 Å². The molecule has 0 aliphatic rings. The number of sulfonamides is 1. The molecule has 0 aliphatic heterocycles. The molecule has 0 fully saturated rings. The highest BCUT2D eigenvalue weighted by Gasteiger charge is 2.23. The van der Waals surface area contributed by atoms with Crippen LogP contribution >= 0.6 is 11.6 Å². The van der Waals surface area contributed by atoms with Gasteiger partial charge in [-0.2, -0.15) is 8.42 Å². The van der Waals surface area contributed by atoms with Crippen LogP contribution in [0, 0.1) is 0 Å². The number of aryl methyl sites for hydroxylation is 1. The number of nitrogens with zero attached hydrogens (tertiary/aromatic N) is 2. The van der Waals surface area contributed by atoms with E-state index < -0.39 is 10.0 Å². The highest BCUT2D eigenvalue weighted by molar-refractivity contribution is 7.92. The van der Waals surface area contributed by atoms with Gasteiger partial charge >= 0.3 is 0 Å². The van der Waals surface area contributed by atoms with Crippen LogP contribution in [0.4, 0.5) is 5.69 Å². The molecule has 8 heteroatoms. The number of nitrogens with one attached hydrogen (secondary N) is 1. The number of imidazole rings is 1. The Hall–Kier alpha value is -1.57. The Bertz CT molecular complexity index is 712. The number of anilines is 1. The summed E-state index contributed by atoms with van der Waals surface area (Å²) in [5.74, 6) is 0. The summed E-state index contributed by atoms with van der Waals surface area (Å²) in [4.78, 5) is 3.81. The lowest BCUT2D eigenvalue weighted by Gasteiger charge is -2.11. The molecule has 6 nitrogen and oxygen atoms in total. The Kier molecular flexibility index (Phi) is 4.32. The number of ether oxygens (including phenoxy) is 1. The molecule has 1 aromatic heterocycles. The van der Waals surface area contributed by atoms with Crippen LogP contribution < -0.4 is 4.72 Å². The van der Waals surface area contributed by atoms with E-state index in [-0.39, 0.29) is 10.2 Å². The second kappa shape index (κ2) is 5.82. The van der Waals surface area contributed by atoms with Crippen molar-refractivity contribution in [2.24, 2.45) is 7.05 Å². The van der Waals surface area contributed by atoms with Crippen LogP contribution in [0.1, 0.15) is 5.56 Å². The lowest BCUT2D eigenvalue weighted by atomic mass is 10.2. The summed E-state index contributed by atoms with van der Waals surface area (Å²) in [7, 11) is -0.673. The first-order valence-corrected chi connectivity index (χ1v) is 7.58. The summed E-state index contributed by atoms with van der Waals surface area (Å²) in [6.45, 7) is 0.300. The van der Waals surface area contributed by atoms with Crippen molar-refractivity contribution >= 4 is 27.3 Å². The van der Waals surface area contributed by atoms with E-state index >= 15 is 0 Å². The maximum atomic E-state index is 12.3. The van der Waals surface area contributed by atoms with Gasteiger partial charge in [0.05, 0.1) is 18.6 Å². The lowest BCUT2D eigenvalue weighted by molar-refractivity contribution is 0.185. The molecule has 0 aliphatic carbocycles. The van der Waals surface area contributed by atoms with E-state index in [2.05, 4.69) is 9.71 Å². The molecular formula is C12H14ClN3O3S. The molecule has 0 saturated heterocycles. The fourth-order valence-electron chi connectivity index (χ4n) is 1.67. The zero-order valence-electron chi connectivity index (χ0n) is 11.0. The highest BCUT2D eigenvalue weighted by atomic mass is 35.5. The Balaban J connectivity index is 2.36. The second-order valence-electron chi connectivity index (χ2n) is 4.15. The van der Waals surface area contributed by atoms with Crippen molar-refractivity contribution in [2.45, 2.75) is 11.6 Å². The number of para-hydroxylation sites is 1. The van der Waals surface area contributed by atoms with Crippen molar-refractivity contribution in [1.82, 2.24) is 9.55 Å². The minimum absolute atomic E-state index is 0.0572. The quantitative estimate of drug-likeness (QED) is 0.916. The number of hydrogen-bond acceptors (Lipinski definition) is 4. The fraction of sp³-hybridized carbons (Fsp3) is 0.250. The molecule has 20 heavy (non-hydrogen) atoms. The molecule has 1 aromatic carbocycles. The van der Waals surface area contributed by atoms with Gasteiger partial charge in [-0.1, -0.05) is 29.8 Å². The second-order valence-corrected chi connectivity index (χ2v) is 6.10.